The number of rotatable bonds is 3. The first kappa shape index (κ1) is 12.8. The highest BCUT2D eigenvalue weighted by atomic mass is 32.2. The van der Waals surface area contributed by atoms with E-state index in [0.717, 1.165) is 11.7 Å². The van der Waals surface area contributed by atoms with Crippen LogP contribution in [0, 0.1) is 0 Å². The molecule has 15 heavy (non-hydrogen) atoms. The number of amidine groups is 1. The Balaban J connectivity index is 2.44. The number of hydrogen-bond acceptors (Lipinski definition) is 3. The molecule has 1 aliphatic rings. The predicted molar refractivity (Wildman–Crippen MR) is 69.7 cm³/mol. The first-order valence-electron chi connectivity index (χ1n) is 5.63. The minimum atomic E-state index is 0.507. The van der Waals surface area contributed by atoms with Crippen LogP contribution in [0.5, 0.6) is 0 Å². The maximum Gasteiger partial charge on any atom is 0.157 e. The van der Waals surface area contributed by atoms with Crippen molar-refractivity contribution < 1.29 is 0 Å². The van der Waals surface area contributed by atoms with Gasteiger partial charge in [-0.2, -0.15) is 0 Å². The third-order valence-electron chi connectivity index (χ3n) is 2.75. The van der Waals surface area contributed by atoms with E-state index >= 15 is 0 Å². The number of likely N-dealkylation sites (N-methyl/N-ethyl adjacent to an activating group) is 1. The fraction of sp³-hybridized carbons (Fsp3) is 0.909. The smallest absolute Gasteiger partial charge is 0.157 e. The van der Waals surface area contributed by atoms with Crippen LogP contribution in [0.4, 0.5) is 0 Å². The fourth-order valence-electron chi connectivity index (χ4n) is 1.50. The zero-order chi connectivity index (χ0) is 11.4. The highest BCUT2D eigenvalue weighted by Gasteiger charge is 2.19. The second-order valence-corrected chi connectivity index (χ2v) is 6.10. The van der Waals surface area contributed by atoms with Crippen molar-refractivity contribution >= 4 is 16.9 Å². The summed E-state index contributed by atoms with van der Waals surface area (Å²) in [6.07, 6.45) is 1.23. The number of thioether (sulfide) groups is 1. The monoisotopic (exact) mass is 229 g/mol. The highest BCUT2D eigenvalue weighted by Crippen LogP contribution is 2.22. The molecule has 3 atom stereocenters. The van der Waals surface area contributed by atoms with E-state index in [1.807, 2.05) is 11.8 Å². The first-order valence-corrected chi connectivity index (χ1v) is 6.51. The van der Waals surface area contributed by atoms with Gasteiger partial charge in [0.1, 0.15) is 0 Å². The Bertz CT molecular complexity index is 216. The molecule has 0 aromatic carbocycles. The third kappa shape index (κ3) is 4.43. The van der Waals surface area contributed by atoms with Gasteiger partial charge in [0.15, 0.2) is 5.17 Å². The number of nitrogens with one attached hydrogen (secondary N) is 1. The third-order valence-corrected chi connectivity index (χ3v) is 3.81. The molecule has 4 heteroatoms. The van der Waals surface area contributed by atoms with E-state index in [-0.39, 0.29) is 0 Å². The van der Waals surface area contributed by atoms with Crippen molar-refractivity contribution in [1.82, 2.24) is 10.2 Å². The summed E-state index contributed by atoms with van der Waals surface area (Å²) in [7, 11) is 4.19. The summed E-state index contributed by atoms with van der Waals surface area (Å²) in [4.78, 5) is 6.83. The van der Waals surface area contributed by atoms with E-state index in [1.165, 1.54) is 6.42 Å². The van der Waals surface area contributed by atoms with Crippen LogP contribution in [0.15, 0.2) is 4.99 Å². The van der Waals surface area contributed by atoms with Crippen LogP contribution in [-0.4, -0.2) is 48.0 Å². The Morgan fingerprint density at radius 2 is 2.20 bits per heavy atom. The molecule has 3 unspecified atom stereocenters. The van der Waals surface area contributed by atoms with Crippen molar-refractivity contribution in [3.8, 4) is 0 Å². The molecule has 1 fully saturated rings. The zero-order valence-corrected chi connectivity index (χ0v) is 11.3. The largest absolute Gasteiger partial charge is 0.362 e. The maximum atomic E-state index is 4.63. The molecule has 0 amide bonds. The van der Waals surface area contributed by atoms with Crippen molar-refractivity contribution in [3.05, 3.63) is 0 Å². The van der Waals surface area contributed by atoms with Crippen molar-refractivity contribution in [2.75, 3.05) is 20.6 Å². The highest BCUT2D eigenvalue weighted by molar-refractivity contribution is 8.14. The summed E-state index contributed by atoms with van der Waals surface area (Å²) in [5.74, 6) is 0. The minimum absolute atomic E-state index is 0.507. The van der Waals surface area contributed by atoms with Crippen LogP contribution in [0.1, 0.15) is 27.2 Å². The van der Waals surface area contributed by atoms with E-state index in [9.17, 15) is 0 Å². The normalized spacial score (nSPS) is 31.7. The molecule has 0 saturated carbocycles. The average molecular weight is 229 g/mol. The Morgan fingerprint density at radius 1 is 1.53 bits per heavy atom. The molecule has 0 aromatic rings. The van der Waals surface area contributed by atoms with Crippen molar-refractivity contribution in [2.24, 2.45) is 4.99 Å². The van der Waals surface area contributed by atoms with E-state index in [1.54, 1.807) is 0 Å². The lowest BCUT2D eigenvalue weighted by molar-refractivity contribution is 0.321. The van der Waals surface area contributed by atoms with Gasteiger partial charge in [0.05, 0.1) is 6.54 Å². The van der Waals surface area contributed by atoms with Gasteiger partial charge in [0, 0.05) is 17.3 Å². The standard InChI is InChI=1S/C11H23N3S/c1-8-6-10(3)15-11(13-8)12-7-9(2)14(4)5/h8-10H,6-7H2,1-5H3,(H,12,13). The molecule has 1 N–H and O–H groups in total. The van der Waals surface area contributed by atoms with Gasteiger partial charge >= 0.3 is 0 Å². The minimum Gasteiger partial charge on any atom is -0.362 e. The van der Waals surface area contributed by atoms with Gasteiger partial charge < -0.3 is 10.2 Å². The van der Waals surface area contributed by atoms with Crippen molar-refractivity contribution in [3.63, 3.8) is 0 Å². The van der Waals surface area contributed by atoms with E-state index in [2.05, 4.69) is 50.1 Å². The molecule has 0 bridgehead atoms. The summed E-state index contributed by atoms with van der Waals surface area (Å²) in [6.45, 7) is 7.57. The summed E-state index contributed by atoms with van der Waals surface area (Å²) in [6, 6.07) is 1.07. The molecule has 1 aliphatic heterocycles. The Morgan fingerprint density at radius 3 is 2.73 bits per heavy atom. The Labute approximate surface area is 97.7 Å². The maximum absolute atomic E-state index is 4.63. The van der Waals surface area contributed by atoms with Crippen LogP contribution in [0.25, 0.3) is 0 Å². The van der Waals surface area contributed by atoms with Gasteiger partial charge in [0.2, 0.25) is 0 Å². The molecule has 88 valence electrons. The molecule has 1 saturated heterocycles. The second-order valence-electron chi connectivity index (χ2n) is 4.67. The van der Waals surface area contributed by atoms with Crippen molar-refractivity contribution in [2.45, 2.75) is 44.5 Å². The topological polar surface area (TPSA) is 27.6 Å². The predicted octanol–water partition coefficient (Wildman–Crippen LogP) is 1.80. The van der Waals surface area contributed by atoms with Crippen LogP contribution >= 0.6 is 11.8 Å². The van der Waals surface area contributed by atoms with Gasteiger partial charge in [-0.3, -0.25) is 4.99 Å². The van der Waals surface area contributed by atoms with Gasteiger partial charge in [-0.25, -0.2) is 0 Å². The van der Waals surface area contributed by atoms with Crippen LogP contribution in [-0.2, 0) is 0 Å². The summed E-state index contributed by atoms with van der Waals surface area (Å²) < 4.78 is 0. The average Bonchev–Trinajstić information content (AvgIpc) is 2.12. The number of hydrogen-bond donors (Lipinski definition) is 1. The second kappa shape index (κ2) is 5.75. The lowest BCUT2D eigenvalue weighted by Crippen LogP contribution is -2.39. The SMILES string of the molecule is CC1CC(C)SC(=NCC(C)N(C)C)N1. The lowest BCUT2D eigenvalue weighted by Gasteiger charge is -2.27. The fourth-order valence-corrected chi connectivity index (χ4v) is 2.69. The van der Waals surface area contributed by atoms with Crippen LogP contribution in [0.3, 0.4) is 0 Å². The van der Waals surface area contributed by atoms with E-state index in [0.29, 0.717) is 17.3 Å². The molecule has 0 spiro atoms. The van der Waals surface area contributed by atoms with Gasteiger partial charge in [-0.15, -0.1) is 0 Å². The van der Waals surface area contributed by atoms with Crippen LogP contribution in [0.2, 0.25) is 0 Å². The Hall–Kier alpha value is -0.220. The summed E-state index contributed by atoms with van der Waals surface area (Å²) in [5.41, 5.74) is 0. The van der Waals surface area contributed by atoms with E-state index in [4.69, 9.17) is 0 Å². The van der Waals surface area contributed by atoms with E-state index < -0.39 is 0 Å². The molecule has 0 aromatic heterocycles. The molecular formula is C11H23N3S. The Kier molecular flexibility index (Phi) is 4.93. The summed E-state index contributed by atoms with van der Waals surface area (Å²) >= 11 is 1.86. The first-order chi connectivity index (χ1) is 6.99. The van der Waals surface area contributed by atoms with Gasteiger partial charge in [-0.05, 0) is 34.4 Å². The zero-order valence-electron chi connectivity index (χ0n) is 10.4. The molecular weight excluding hydrogens is 206 g/mol. The summed E-state index contributed by atoms with van der Waals surface area (Å²) in [5, 5.41) is 5.25. The number of nitrogens with zero attached hydrogens (tertiary/aromatic N) is 2. The quantitative estimate of drug-likeness (QED) is 0.799. The lowest BCUT2D eigenvalue weighted by atomic mass is 10.2. The molecule has 0 aliphatic carbocycles. The van der Waals surface area contributed by atoms with Gasteiger partial charge in [0.25, 0.3) is 0 Å². The molecule has 3 nitrogen and oxygen atoms in total. The molecule has 1 heterocycles. The number of aliphatic imine (C=N–C) groups is 1. The van der Waals surface area contributed by atoms with Crippen LogP contribution < -0.4 is 5.32 Å². The molecule has 0 radical (unpaired) electrons. The van der Waals surface area contributed by atoms with Crippen molar-refractivity contribution in [1.29, 1.82) is 0 Å². The molecule has 1 rings (SSSR count). The van der Waals surface area contributed by atoms with Gasteiger partial charge in [-0.1, -0.05) is 18.7 Å².